The molecule has 9 heteroatoms. The Labute approximate surface area is 320 Å². The fourth-order valence-corrected chi connectivity index (χ4v) is 13.2. The van der Waals surface area contributed by atoms with E-state index in [0.29, 0.717) is 11.8 Å². The van der Waals surface area contributed by atoms with Gasteiger partial charge in [-0.15, -0.1) is 0 Å². The maximum absolute atomic E-state index is 14.5. The molecular weight excluding hydrogens is 668 g/mol. The Balaban J connectivity index is 1.41. The topological polar surface area (TPSA) is 124 Å². The molecule has 0 aliphatic heterocycles. The van der Waals surface area contributed by atoms with E-state index in [0.717, 1.165) is 56.9 Å². The van der Waals surface area contributed by atoms with Crippen LogP contribution in [-0.2, 0) is 23.9 Å². The minimum atomic E-state index is -1.17. The third kappa shape index (κ3) is 6.84. The van der Waals surface area contributed by atoms with E-state index in [4.69, 9.17) is 4.74 Å². The first-order valence-electron chi connectivity index (χ1n) is 20.7. The van der Waals surface area contributed by atoms with Crippen molar-refractivity contribution in [2.45, 2.75) is 152 Å². The Kier molecular flexibility index (Phi) is 11.3. The Morgan fingerprint density at radius 3 is 2.08 bits per heavy atom. The van der Waals surface area contributed by atoms with Crippen molar-refractivity contribution in [1.29, 1.82) is 0 Å². The summed E-state index contributed by atoms with van der Waals surface area (Å²) in [6.07, 6.45) is 6.55. The summed E-state index contributed by atoms with van der Waals surface area (Å²) in [5.74, 6) is -0.670. The van der Waals surface area contributed by atoms with Crippen LogP contribution in [-0.4, -0.2) is 89.1 Å². The number of aliphatic hydroxyl groups excluding tert-OH is 1. The van der Waals surface area contributed by atoms with Crippen molar-refractivity contribution in [1.82, 2.24) is 9.80 Å². The second kappa shape index (κ2) is 14.4. The Morgan fingerprint density at radius 2 is 1.51 bits per heavy atom. The molecule has 1 amide bonds. The number of amides is 1. The summed E-state index contributed by atoms with van der Waals surface area (Å²) in [6, 6.07) is -0.0804. The van der Waals surface area contributed by atoms with E-state index in [9.17, 15) is 29.4 Å². The molecule has 0 heterocycles. The summed E-state index contributed by atoms with van der Waals surface area (Å²) >= 11 is 0. The van der Waals surface area contributed by atoms with E-state index in [1.807, 2.05) is 32.8 Å². The van der Waals surface area contributed by atoms with Crippen molar-refractivity contribution < 1.29 is 34.1 Å². The summed E-state index contributed by atoms with van der Waals surface area (Å²) in [5.41, 5.74) is 0.961. The number of hydrogen-bond acceptors (Lipinski definition) is 7. The van der Waals surface area contributed by atoms with E-state index in [1.165, 1.54) is 5.57 Å². The number of fused-ring (bicyclic) bond motifs is 7. The van der Waals surface area contributed by atoms with Crippen molar-refractivity contribution in [2.75, 3.05) is 27.2 Å². The number of carboxylic acid groups (broad SMARTS) is 1. The molecule has 0 aromatic heterocycles. The molecule has 0 spiro atoms. The number of carboxylic acids is 1. The lowest BCUT2D eigenvalue weighted by atomic mass is 9.33. The average Bonchev–Trinajstić information content (AvgIpc) is 3.32. The van der Waals surface area contributed by atoms with E-state index in [1.54, 1.807) is 18.7 Å². The van der Waals surface area contributed by atoms with E-state index in [2.05, 4.69) is 48.5 Å². The first-order chi connectivity index (χ1) is 24.3. The molecule has 2 N–H and O–H groups in total. The molecule has 0 aromatic rings. The SMILES string of the molecule is CC(C)C1=C2C(CC[C@]3(C)[C@@H]2CC[C@@H]2[C@@]4(C)CC[C@H](OC(=O)CC(C)(C)C(=O)O)C(C)(C)[C@@H]4CC[C@]23C)C([C@@H](O)CN(C(=O)CN(C)C)C(C)C)C1=O. The molecule has 300 valence electrons. The molecule has 0 aromatic carbocycles. The molecule has 2 unspecified atom stereocenters. The number of Topliss-reactive ketones (excluding diaryl/α,β-unsaturated/α-hetero) is 1. The van der Waals surface area contributed by atoms with Crippen LogP contribution in [0.5, 0.6) is 0 Å². The third-order valence-corrected chi connectivity index (χ3v) is 16.1. The number of esters is 1. The maximum Gasteiger partial charge on any atom is 0.309 e. The predicted octanol–water partition coefficient (Wildman–Crippen LogP) is 7.40. The summed E-state index contributed by atoms with van der Waals surface area (Å²) in [7, 11) is 3.74. The van der Waals surface area contributed by atoms with Crippen LogP contribution in [0.25, 0.3) is 0 Å². The quantitative estimate of drug-likeness (QED) is 0.210. The number of likely N-dealkylation sites (N-methyl/N-ethyl adjacent to an activating group) is 1. The van der Waals surface area contributed by atoms with Gasteiger partial charge in [0.15, 0.2) is 5.78 Å². The number of ketones is 1. The summed E-state index contributed by atoms with van der Waals surface area (Å²) < 4.78 is 6.16. The monoisotopic (exact) mass is 741 g/mol. The molecule has 0 radical (unpaired) electrons. The lowest BCUT2D eigenvalue weighted by Crippen LogP contribution is -2.65. The Morgan fingerprint density at radius 1 is 0.887 bits per heavy atom. The van der Waals surface area contributed by atoms with Gasteiger partial charge in [-0.05, 0) is 145 Å². The van der Waals surface area contributed by atoms with Crippen molar-refractivity contribution in [2.24, 2.45) is 62.6 Å². The van der Waals surface area contributed by atoms with Crippen LogP contribution in [0.2, 0.25) is 0 Å². The molecule has 4 fully saturated rings. The Hall–Kier alpha value is -2.26. The number of carbonyl (C=O) groups excluding carboxylic acids is 3. The van der Waals surface area contributed by atoms with Gasteiger partial charge in [-0.1, -0.05) is 54.0 Å². The van der Waals surface area contributed by atoms with Gasteiger partial charge in [0.05, 0.1) is 30.4 Å². The van der Waals surface area contributed by atoms with Crippen LogP contribution in [0.3, 0.4) is 0 Å². The largest absolute Gasteiger partial charge is 0.481 e. The van der Waals surface area contributed by atoms with Crippen molar-refractivity contribution >= 4 is 23.6 Å². The van der Waals surface area contributed by atoms with Crippen LogP contribution in [0.1, 0.15) is 134 Å². The summed E-state index contributed by atoms with van der Waals surface area (Å²) in [5, 5.41) is 21.5. The van der Waals surface area contributed by atoms with Gasteiger partial charge in [-0.2, -0.15) is 0 Å². The Bertz CT molecular complexity index is 1500. The normalized spacial score (nSPS) is 37.2. The van der Waals surface area contributed by atoms with Crippen LogP contribution in [0.4, 0.5) is 0 Å². The summed E-state index contributed by atoms with van der Waals surface area (Å²) in [4.78, 5) is 56.2. The smallest absolute Gasteiger partial charge is 0.309 e. The summed E-state index contributed by atoms with van der Waals surface area (Å²) in [6.45, 7) is 23.9. The minimum absolute atomic E-state index is 0.00247. The lowest BCUT2D eigenvalue weighted by molar-refractivity contribution is -0.232. The second-order valence-electron chi connectivity index (χ2n) is 20.8. The van der Waals surface area contributed by atoms with E-state index < -0.39 is 29.4 Å². The number of ether oxygens (including phenoxy) is 1. The van der Waals surface area contributed by atoms with Gasteiger partial charge >= 0.3 is 11.9 Å². The molecular formula is C44H72N2O7. The van der Waals surface area contributed by atoms with Gasteiger partial charge in [0, 0.05) is 18.0 Å². The van der Waals surface area contributed by atoms with Crippen LogP contribution >= 0.6 is 0 Å². The van der Waals surface area contributed by atoms with Crippen molar-refractivity contribution in [3.63, 3.8) is 0 Å². The van der Waals surface area contributed by atoms with Crippen molar-refractivity contribution in [3.05, 3.63) is 11.1 Å². The van der Waals surface area contributed by atoms with Gasteiger partial charge < -0.3 is 24.7 Å². The van der Waals surface area contributed by atoms with Crippen molar-refractivity contribution in [3.8, 4) is 0 Å². The average molecular weight is 741 g/mol. The number of aliphatic hydroxyl groups is 1. The van der Waals surface area contributed by atoms with E-state index in [-0.39, 0.29) is 82.8 Å². The van der Waals surface area contributed by atoms with Gasteiger partial charge in [0.25, 0.3) is 0 Å². The number of hydrogen-bond donors (Lipinski definition) is 2. The lowest BCUT2D eigenvalue weighted by Gasteiger charge is -2.71. The van der Waals surface area contributed by atoms with Crippen LogP contribution in [0.15, 0.2) is 11.1 Å². The van der Waals surface area contributed by atoms with Gasteiger partial charge in [0.1, 0.15) is 6.10 Å². The molecule has 0 bridgehead atoms. The number of allylic oxidation sites excluding steroid dienone is 2. The third-order valence-electron chi connectivity index (χ3n) is 16.1. The fourth-order valence-electron chi connectivity index (χ4n) is 13.2. The first kappa shape index (κ1) is 41.9. The molecule has 5 rings (SSSR count). The number of nitrogens with zero attached hydrogens (tertiary/aromatic N) is 2. The van der Waals surface area contributed by atoms with E-state index >= 15 is 0 Å². The van der Waals surface area contributed by atoms with Crippen LogP contribution in [0, 0.1) is 62.6 Å². The molecule has 53 heavy (non-hydrogen) atoms. The number of carbonyl (C=O) groups is 4. The zero-order chi connectivity index (χ0) is 39.8. The highest BCUT2D eigenvalue weighted by Crippen LogP contribution is 2.75. The fraction of sp³-hybridized carbons (Fsp3) is 0.864. The standard InChI is InChI=1S/C44H72N2O7/c1-25(2)35-36-27(37(38(35)50)29(47)23-46(26(3)4)33(48)24-45(12)13)16-20-43(10)28(36)14-15-31-42(9)19-18-32(53-34(49)22-40(5,6)39(51)52)41(7,8)30(42)17-21-44(31,43)11/h25-32,37,47H,14-24H2,1-13H3,(H,51,52)/t27?,28-,29+,30+,31-,32+,37?,42+,43-,44-/m1/s1. The first-order valence-corrected chi connectivity index (χ1v) is 20.7. The van der Waals surface area contributed by atoms with Gasteiger partial charge in [0.2, 0.25) is 5.91 Å². The molecule has 5 aliphatic rings. The second-order valence-corrected chi connectivity index (χ2v) is 20.8. The molecule has 5 aliphatic carbocycles. The highest BCUT2D eigenvalue weighted by molar-refractivity contribution is 6.02. The van der Waals surface area contributed by atoms with Gasteiger partial charge in [-0.25, -0.2) is 0 Å². The number of aliphatic carboxylic acids is 1. The molecule has 4 saturated carbocycles. The number of rotatable bonds is 11. The van der Waals surface area contributed by atoms with Gasteiger partial charge in [-0.3, -0.25) is 19.2 Å². The highest BCUT2D eigenvalue weighted by atomic mass is 16.5. The highest BCUT2D eigenvalue weighted by Gasteiger charge is 2.69. The zero-order valence-corrected chi connectivity index (χ0v) is 35.3. The maximum atomic E-state index is 14.5. The zero-order valence-electron chi connectivity index (χ0n) is 35.3. The van der Waals surface area contributed by atoms with Crippen LogP contribution < -0.4 is 0 Å². The molecule has 0 saturated heterocycles. The molecule has 10 atom stereocenters. The molecule has 9 nitrogen and oxygen atoms in total. The minimum Gasteiger partial charge on any atom is -0.481 e. The predicted molar refractivity (Wildman–Crippen MR) is 207 cm³/mol.